The molecule has 0 bridgehead atoms. The topological polar surface area (TPSA) is 82.9 Å². The van der Waals surface area contributed by atoms with Crippen molar-refractivity contribution in [2.45, 2.75) is 0 Å². The van der Waals surface area contributed by atoms with Crippen LogP contribution in [0.25, 0.3) is 0 Å². The molecule has 7 nitrogen and oxygen atoms in total. The summed E-state index contributed by atoms with van der Waals surface area (Å²) in [6.45, 7) is 0. The van der Waals surface area contributed by atoms with E-state index in [4.69, 9.17) is 5.41 Å². The second-order valence-electron chi connectivity index (χ2n) is 1.88. The molecular formula is C3H7N3O4S. The van der Waals surface area contributed by atoms with Crippen LogP contribution in [0.15, 0.2) is 0 Å². The summed E-state index contributed by atoms with van der Waals surface area (Å²) in [6.07, 6.45) is 0. The highest BCUT2D eigenvalue weighted by atomic mass is 32.3. The fraction of sp³-hybridized carbons (Fsp3) is 0.667. The molecule has 64 valence electrons. The van der Waals surface area contributed by atoms with Crippen molar-refractivity contribution in [2.75, 3.05) is 14.1 Å². The monoisotopic (exact) mass is 181 g/mol. The van der Waals surface area contributed by atoms with Crippen LogP contribution in [0.2, 0.25) is 0 Å². The standard InChI is InChI=1S/C3H7N3O4S/c1-5-3(4)6(2)10-11(7,8)9-5/h4H,1-2H3. The van der Waals surface area contributed by atoms with Gasteiger partial charge in [-0.3, -0.25) is 5.41 Å². The molecule has 1 N–H and O–H groups in total. The minimum absolute atomic E-state index is 0.195. The number of hydrogen-bond donors (Lipinski definition) is 1. The maximum absolute atomic E-state index is 10.6. The second-order valence-corrected chi connectivity index (χ2v) is 2.99. The Bertz CT molecular complexity index is 252. The fourth-order valence-corrected chi connectivity index (χ4v) is 1.27. The molecule has 1 aliphatic rings. The number of nitrogens with zero attached hydrogens (tertiary/aromatic N) is 2. The zero-order valence-corrected chi connectivity index (χ0v) is 6.75. The molecule has 0 aromatic heterocycles. The number of guanidine groups is 1. The Labute approximate surface area is 63.8 Å². The van der Waals surface area contributed by atoms with Gasteiger partial charge >= 0.3 is 10.4 Å². The molecule has 0 saturated carbocycles. The highest BCUT2D eigenvalue weighted by molar-refractivity contribution is 7.81. The molecular weight excluding hydrogens is 174 g/mol. The van der Waals surface area contributed by atoms with Crippen molar-refractivity contribution < 1.29 is 17.0 Å². The lowest BCUT2D eigenvalue weighted by atomic mass is 10.9. The Morgan fingerprint density at radius 1 is 1.27 bits per heavy atom. The van der Waals surface area contributed by atoms with Gasteiger partial charge in [0.2, 0.25) is 5.96 Å². The van der Waals surface area contributed by atoms with E-state index in [-0.39, 0.29) is 5.96 Å². The van der Waals surface area contributed by atoms with Gasteiger partial charge in [0, 0.05) is 14.1 Å². The van der Waals surface area contributed by atoms with Crippen molar-refractivity contribution in [3.05, 3.63) is 0 Å². The van der Waals surface area contributed by atoms with Gasteiger partial charge in [0.25, 0.3) is 0 Å². The molecule has 0 atom stereocenters. The van der Waals surface area contributed by atoms with Gasteiger partial charge in [0.15, 0.2) is 0 Å². The van der Waals surface area contributed by atoms with E-state index in [2.05, 4.69) is 8.57 Å². The molecule has 0 aliphatic carbocycles. The van der Waals surface area contributed by atoms with Crippen LogP contribution in [0.3, 0.4) is 0 Å². The average molecular weight is 181 g/mol. The molecule has 0 aromatic carbocycles. The van der Waals surface area contributed by atoms with Crippen LogP contribution in [-0.2, 0) is 19.0 Å². The smallest absolute Gasteiger partial charge is 0.265 e. The van der Waals surface area contributed by atoms with Gasteiger partial charge in [0.1, 0.15) is 0 Å². The summed E-state index contributed by atoms with van der Waals surface area (Å²) in [5.74, 6) is -0.195. The quantitative estimate of drug-likeness (QED) is 0.511. The second kappa shape index (κ2) is 2.32. The number of rotatable bonds is 0. The SMILES string of the molecule is CN1OS(=O)(=O)ON(C)C1=N. The van der Waals surface area contributed by atoms with E-state index in [9.17, 15) is 8.42 Å². The van der Waals surface area contributed by atoms with Gasteiger partial charge in [-0.05, 0) is 0 Å². The summed E-state index contributed by atoms with van der Waals surface area (Å²) in [5.41, 5.74) is 0. The Morgan fingerprint density at radius 3 is 2.00 bits per heavy atom. The molecule has 1 heterocycles. The van der Waals surface area contributed by atoms with Crippen LogP contribution in [-0.4, -0.2) is 38.6 Å². The lowest BCUT2D eigenvalue weighted by Crippen LogP contribution is -2.47. The minimum Gasteiger partial charge on any atom is -0.265 e. The van der Waals surface area contributed by atoms with E-state index in [0.29, 0.717) is 0 Å². The van der Waals surface area contributed by atoms with Crippen molar-refractivity contribution in [1.29, 1.82) is 5.41 Å². The van der Waals surface area contributed by atoms with E-state index in [1.165, 1.54) is 14.1 Å². The van der Waals surface area contributed by atoms with E-state index < -0.39 is 10.4 Å². The van der Waals surface area contributed by atoms with Gasteiger partial charge < -0.3 is 0 Å². The zero-order valence-electron chi connectivity index (χ0n) is 5.94. The van der Waals surface area contributed by atoms with Gasteiger partial charge in [-0.2, -0.15) is 8.42 Å². The van der Waals surface area contributed by atoms with Crippen molar-refractivity contribution in [2.24, 2.45) is 0 Å². The number of hydroxylamine groups is 4. The minimum atomic E-state index is -4.00. The summed E-state index contributed by atoms with van der Waals surface area (Å²) in [7, 11) is -1.42. The molecule has 0 spiro atoms. The maximum atomic E-state index is 10.6. The first-order valence-electron chi connectivity index (χ1n) is 2.62. The van der Waals surface area contributed by atoms with Gasteiger partial charge in [0.05, 0.1) is 0 Å². The van der Waals surface area contributed by atoms with Crippen LogP contribution < -0.4 is 0 Å². The molecule has 0 unspecified atom stereocenters. The van der Waals surface area contributed by atoms with Crippen LogP contribution >= 0.6 is 0 Å². The summed E-state index contributed by atoms with van der Waals surface area (Å²) >= 11 is 0. The highest BCUT2D eigenvalue weighted by Crippen LogP contribution is 2.10. The molecule has 1 rings (SSSR count). The molecule has 8 heteroatoms. The average Bonchev–Trinajstić information content (AvgIpc) is 1.81. The molecule has 0 radical (unpaired) electrons. The van der Waals surface area contributed by atoms with Gasteiger partial charge in [-0.25, -0.2) is 10.1 Å². The Hall–Kier alpha value is -0.860. The van der Waals surface area contributed by atoms with Crippen LogP contribution in [0.4, 0.5) is 0 Å². The van der Waals surface area contributed by atoms with Crippen molar-refractivity contribution in [3.8, 4) is 0 Å². The lowest BCUT2D eigenvalue weighted by molar-refractivity contribution is -0.0899. The van der Waals surface area contributed by atoms with E-state index in [0.717, 1.165) is 10.1 Å². The Morgan fingerprint density at radius 2 is 1.64 bits per heavy atom. The Kier molecular flexibility index (Phi) is 1.74. The normalized spacial score (nSPS) is 24.0. The number of nitrogens with one attached hydrogen (secondary N) is 1. The molecule has 1 aliphatic heterocycles. The first kappa shape index (κ1) is 8.24. The third kappa shape index (κ3) is 1.59. The first-order chi connectivity index (χ1) is 4.92. The van der Waals surface area contributed by atoms with Crippen LogP contribution in [0.5, 0.6) is 0 Å². The third-order valence-electron chi connectivity index (χ3n) is 1.00. The van der Waals surface area contributed by atoms with Crippen LogP contribution in [0.1, 0.15) is 0 Å². The van der Waals surface area contributed by atoms with E-state index >= 15 is 0 Å². The molecule has 1 saturated heterocycles. The Balaban J connectivity index is 2.87. The van der Waals surface area contributed by atoms with Crippen molar-refractivity contribution in [3.63, 3.8) is 0 Å². The molecule has 0 aromatic rings. The molecule has 11 heavy (non-hydrogen) atoms. The van der Waals surface area contributed by atoms with E-state index in [1.807, 2.05) is 0 Å². The molecule has 0 amide bonds. The fourth-order valence-electron chi connectivity index (χ4n) is 0.556. The maximum Gasteiger partial charge on any atom is 0.442 e. The summed E-state index contributed by atoms with van der Waals surface area (Å²) in [5, 5.41) is 8.67. The summed E-state index contributed by atoms with van der Waals surface area (Å²) in [4.78, 5) is 0. The van der Waals surface area contributed by atoms with Crippen LogP contribution in [0, 0.1) is 5.41 Å². The largest absolute Gasteiger partial charge is 0.442 e. The predicted molar refractivity (Wildman–Crippen MR) is 34.3 cm³/mol. The lowest BCUT2D eigenvalue weighted by Gasteiger charge is -2.29. The zero-order chi connectivity index (χ0) is 8.65. The third-order valence-corrected chi connectivity index (χ3v) is 1.82. The number of hydrogen-bond acceptors (Lipinski definition) is 5. The van der Waals surface area contributed by atoms with Crippen molar-refractivity contribution >= 4 is 16.4 Å². The highest BCUT2D eigenvalue weighted by Gasteiger charge is 2.30. The first-order valence-corrected chi connectivity index (χ1v) is 3.96. The summed E-state index contributed by atoms with van der Waals surface area (Å²) < 4.78 is 29.5. The summed E-state index contributed by atoms with van der Waals surface area (Å²) in [6, 6.07) is 0. The predicted octanol–water partition coefficient (Wildman–Crippen LogP) is -1.09. The van der Waals surface area contributed by atoms with Gasteiger partial charge in [-0.15, -0.1) is 8.57 Å². The van der Waals surface area contributed by atoms with Crippen molar-refractivity contribution in [1.82, 2.24) is 10.1 Å². The van der Waals surface area contributed by atoms with E-state index in [1.54, 1.807) is 0 Å². The van der Waals surface area contributed by atoms with Gasteiger partial charge in [-0.1, -0.05) is 0 Å². The molecule has 1 fully saturated rings.